The van der Waals surface area contributed by atoms with E-state index in [4.69, 9.17) is 0 Å². The van der Waals surface area contributed by atoms with Gasteiger partial charge in [0.05, 0.1) is 20.7 Å². The van der Waals surface area contributed by atoms with Crippen molar-refractivity contribution in [3.63, 3.8) is 0 Å². The minimum Gasteiger partial charge on any atom is -0.298 e. The lowest BCUT2D eigenvalue weighted by Gasteiger charge is -2.25. The Kier molecular flexibility index (Phi) is 5.75. The number of thiazole rings is 1. The largest absolute Gasteiger partial charge is 0.416 e. The highest BCUT2D eigenvalue weighted by Crippen LogP contribution is 2.32. The Balaban J connectivity index is 1.57. The van der Waals surface area contributed by atoms with Gasteiger partial charge in [-0.1, -0.05) is 23.8 Å². The van der Waals surface area contributed by atoms with E-state index in [-0.39, 0.29) is 15.6 Å². The molecule has 1 N–H and O–H groups in total. The van der Waals surface area contributed by atoms with E-state index >= 15 is 0 Å². The topological polar surface area (TPSA) is 79.4 Å². The second-order valence-electron chi connectivity index (χ2n) is 7.15. The van der Waals surface area contributed by atoms with Crippen LogP contribution in [0.25, 0.3) is 10.2 Å². The van der Waals surface area contributed by atoms with Crippen LogP contribution in [0.5, 0.6) is 0 Å². The summed E-state index contributed by atoms with van der Waals surface area (Å²) in [6, 6.07) is 8.64. The summed E-state index contributed by atoms with van der Waals surface area (Å²) >= 11 is 1.06. The molecule has 2 aromatic carbocycles. The Labute approximate surface area is 180 Å². The van der Waals surface area contributed by atoms with E-state index in [9.17, 15) is 26.4 Å². The highest BCUT2D eigenvalue weighted by molar-refractivity contribution is 7.89. The maximum Gasteiger partial charge on any atom is 0.416 e. The van der Waals surface area contributed by atoms with Gasteiger partial charge in [-0.2, -0.15) is 17.5 Å². The van der Waals surface area contributed by atoms with E-state index in [1.165, 1.54) is 22.5 Å². The van der Waals surface area contributed by atoms with Crippen molar-refractivity contribution >= 4 is 42.6 Å². The molecule has 164 valence electrons. The van der Waals surface area contributed by atoms with Crippen molar-refractivity contribution in [2.45, 2.75) is 30.3 Å². The van der Waals surface area contributed by atoms with Crippen LogP contribution in [-0.4, -0.2) is 36.7 Å². The summed E-state index contributed by atoms with van der Waals surface area (Å²) in [6.07, 6.45) is -1.89. The highest BCUT2D eigenvalue weighted by Gasteiger charge is 2.31. The zero-order valence-corrected chi connectivity index (χ0v) is 17.8. The summed E-state index contributed by atoms with van der Waals surface area (Å²) in [5.74, 6) is -0.730. The van der Waals surface area contributed by atoms with Crippen molar-refractivity contribution in [1.29, 1.82) is 0 Å². The Hall–Kier alpha value is -2.50. The minimum absolute atomic E-state index is 0.151. The first-order chi connectivity index (χ1) is 14.6. The zero-order valence-electron chi connectivity index (χ0n) is 16.1. The molecule has 1 aromatic heterocycles. The first-order valence-electron chi connectivity index (χ1n) is 9.54. The molecular formula is C20H18F3N3O3S2. The first-order valence-corrected chi connectivity index (χ1v) is 11.8. The number of carbonyl (C=O) groups is 1. The minimum atomic E-state index is -4.55. The number of rotatable bonds is 4. The number of amides is 1. The third-order valence-corrected chi connectivity index (χ3v) is 7.81. The third-order valence-electron chi connectivity index (χ3n) is 4.99. The van der Waals surface area contributed by atoms with Gasteiger partial charge in [-0.3, -0.25) is 10.1 Å². The smallest absolute Gasteiger partial charge is 0.298 e. The van der Waals surface area contributed by atoms with Crippen molar-refractivity contribution in [1.82, 2.24) is 9.29 Å². The van der Waals surface area contributed by atoms with Crippen molar-refractivity contribution in [3.05, 3.63) is 53.6 Å². The SMILES string of the molecule is O=C(Nc1nc2ccc(S(=O)(=O)N3CCCCC3)cc2s1)c1cccc(C(F)(F)F)c1. The molecule has 0 spiro atoms. The molecule has 3 aromatic rings. The number of piperidine rings is 1. The molecule has 0 radical (unpaired) electrons. The fraction of sp³-hybridized carbons (Fsp3) is 0.300. The van der Waals surface area contributed by atoms with Crippen LogP contribution in [0.4, 0.5) is 18.3 Å². The van der Waals surface area contributed by atoms with Crippen LogP contribution in [0.1, 0.15) is 35.2 Å². The lowest BCUT2D eigenvalue weighted by molar-refractivity contribution is -0.137. The van der Waals surface area contributed by atoms with Gasteiger partial charge < -0.3 is 0 Å². The maximum absolute atomic E-state index is 12.9. The number of nitrogens with zero attached hydrogens (tertiary/aromatic N) is 2. The number of aromatic nitrogens is 1. The molecule has 0 bridgehead atoms. The average Bonchev–Trinajstić information content (AvgIpc) is 3.15. The number of halogens is 3. The van der Waals surface area contributed by atoms with Crippen molar-refractivity contribution in [2.24, 2.45) is 0 Å². The van der Waals surface area contributed by atoms with Crippen LogP contribution in [0.2, 0.25) is 0 Å². The number of alkyl halides is 3. The van der Waals surface area contributed by atoms with Crippen molar-refractivity contribution in [2.75, 3.05) is 18.4 Å². The molecular weight excluding hydrogens is 451 g/mol. The Morgan fingerprint density at radius 1 is 1.06 bits per heavy atom. The van der Waals surface area contributed by atoms with Crippen LogP contribution in [0, 0.1) is 0 Å². The average molecular weight is 470 g/mol. The molecule has 6 nitrogen and oxygen atoms in total. The van der Waals surface area contributed by atoms with E-state index in [2.05, 4.69) is 10.3 Å². The predicted octanol–water partition coefficient (Wildman–Crippen LogP) is 4.74. The van der Waals surface area contributed by atoms with Crippen LogP contribution >= 0.6 is 11.3 Å². The van der Waals surface area contributed by atoms with E-state index in [1.807, 2.05) is 0 Å². The number of carbonyl (C=O) groups excluding carboxylic acids is 1. The monoisotopic (exact) mass is 469 g/mol. The lowest BCUT2D eigenvalue weighted by Crippen LogP contribution is -2.35. The van der Waals surface area contributed by atoms with Crippen molar-refractivity contribution in [3.8, 4) is 0 Å². The number of hydrogen-bond acceptors (Lipinski definition) is 5. The Morgan fingerprint density at radius 2 is 1.81 bits per heavy atom. The molecule has 31 heavy (non-hydrogen) atoms. The molecule has 1 fully saturated rings. The normalized spacial score (nSPS) is 15.8. The van der Waals surface area contributed by atoms with Gasteiger partial charge in [0.15, 0.2) is 5.13 Å². The van der Waals surface area contributed by atoms with Gasteiger partial charge in [-0.25, -0.2) is 13.4 Å². The quantitative estimate of drug-likeness (QED) is 0.599. The number of benzene rings is 2. The Bertz CT molecular complexity index is 1230. The molecule has 1 amide bonds. The number of fused-ring (bicyclic) bond motifs is 1. The van der Waals surface area contributed by atoms with Gasteiger partial charge in [0, 0.05) is 18.7 Å². The van der Waals surface area contributed by atoms with Crippen LogP contribution in [0.15, 0.2) is 47.4 Å². The summed E-state index contributed by atoms with van der Waals surface area (Å²) < 4.78 is 66.4. The molecule has 0 saturated carbocycles. The van der Waals surface area contributed by atoms with Crippen LogP contribution in [0.3, 0.4) is 0 Å². The number of nitrogens with one attached hydrogen (secondary N) is 1. The van der Waals surface area contributed by atoms with Crippen molar-refractivity contribution < 1.29 is 26.4 Å². The van der Waals surface area contributed by atoms with E-state index in [1.54, 1.807) is 6.07 Å². The highest BCUT2D eigenvalue weighted by atomic mass is 32.2. The predicted molar refractivity (Wildman–Crippen MR) is 112 cm³/mol. The van der Waals surface area contributed by atoms with Crippen LogP contribution in [-0.2, 0) is 16.2 Å². The molecule has 1 aliphatic heterocycles. The van der Waals surface area contributed by atoms with E-state index < -0.39 is 27.7 Å². The first kappa shape index (κ1) is 21.7. The maximum atomic E-state index is 12.9. The second-order valence-corrected chi connectivity index (χ2v) is 10.1. The van der Waals surface area contributed by atoms with E-state index in [0.29, 0.717) is 23.3 Å². The van der Waals surface area contributed by atoms with Gasteiger partial charge in [-0.15, -0.1) is 0 Å². The van der Waals surface area contributed by atoms with Gasteiger partial charge in [-0.05, 0) is 49.2 Å². The summed E-state index contributed by atoms with van der Waals surface area (Å²) in [6.45, 7) is 0.975. The lowest BCUT2D eigenvalue weighted by atomic mass is 10.1. The molecule has 2 heterocycles. The van der Waals surface area contributed by atoms with Gasteiger partial charge in [0.2, 0.25) is 10.0 Å². The summed E-state index contributed by atoms with van der Waals surface area (Å²) in [7, 11) is -3.61. The molecule has 1 saturated heterocycles. The number of hydrogen-bond donors (Lipinski definition) is 1. The molecule has 1 aliphatic rings. The fourth-order valence-corrected chi connectivity index (χ4v) is 5.90. The number of sulfonamides is 1. The van der Waals surface area contributed by atoms with E-state index in [0.717, 1.165) is 48.8 Å². The summed E-state index contributed by atoms with van der Waals surface area (Å²) in [4.78, 5) is 16.8. The molecule has 0 atom stereocenters. The summed E-state index contributed by atoms with van der Waals surface area (Å²) in [5.41, 5.74) is -0.582. The molecule has 0 unspecified atom stereocenters. The molecule has 4 rings (SSSR count). The fourth-order valence-electron chi connectivity index (χ4n) is 3.38. The Morgan fingerprint density at radius 3 is 2.52 bits per heavy atom. The zero-order chi connectivity index (χ0) is 22.2. The second kappa shape index (κ2) is 8.21. The van der Waals surface area contributed by atoms with Crippen LogP contribution < -0.4 is 5.32 Å². The molecule has 0 aliphatic carbocycles. The molecule has 11 heteroatoms. The standard InChI is InChI=1S/C20H18F3N3O3S2/c21-20(22,23)14-6-4-5-13(11-14)18(27)25-19-24-16-8-7-15(12-17(16)30-19)31(28,29)26-9-2-1-3-10-26/h4-8,11-12H,1-3,9-10H2,(H,24,25,27). The summed E-state index contributed by atoms with van der Waals surface area (Å²) in [5, 5.41) is 2.66. The van der Waals surface area contributed by atoms with Gasteiger partial charge in [0.25, 0.3) is 5.91 Å². The van der Waals surface area contributed by atoms with Gasteiger partial charge in [0.1, 0.15) is 0 Å². The van der Waals surface area contributed by atoms with Gasteiger partial charge >= 0.3 is 6.18 Å². The third kappa shape index (κ3) is 4.58. The number of anilines is 1.